The van der Waals surface area contributed by atoms with Crippen LogP contribution in [-0.4, -0.2) is 57.6 Å². The lowest BCUT2D eigenvalue weighted by molar-refractivity contribution is -0.137. The van der Waals surface area contributed by atoms with Crippen LogP contribution in [0.5, 0.6) is 5.75 Å². The van der Waals surface area contributed by atoms with E-state index >= 15 is 0 Å². The Balaban J connectivity index is 1.40. The maximum Gasteiger partial charge on any atom is 0.416 e. The van der Waals surface area contributed by atoms with Crippen molar-refractivity contribution >= 4 is 33.7 Å². The smallest absolute Gasteiger partial charge is 0.416 e. The molecular weight excluding hydrogens is 573 g/mol. The third kappa shape index (κ3) is 8.09. The van der Waals surface area contributed by atoms with Crippen molar-refractivity contribution in [1.82, 2.24) is 10.3 Å². The van der Waals surface area contributed by atoms with Crippen molar-refractivity contribution in [3.63, 3.8) is 0 Å². The van der Waals surface area contributed by atoms with Gasteiger partial charge < -0.3 is 9.64 Å². The Labute approximate surface area is 241 Å². The minimum atomic E-state index is -4.71. The van der Waals surface area contributed by atoms with Gasteiger partial charge >= 0.3 is 6.18 Å². The summed E-state index contributed by atoms with van der Waals surface area (Å²) in [5, 5.41) is 3.84. The minimum Gasteiger partial charge on any atom is -0.484 e. The first-order valence-electron chi connectivity index (χ1n) is 13.1. The van der Waals surface area contributed by atoms with E-state index in [4.69, 9.17) is 4.74 Å². The molecule has 1 saturated heterocycles. The molecule has 0 aliphatic carbocycles. The van der Waals surface area contributed by atoms with Crippen LogP contribution < -0.4 is 14.5 Å². The van der Waals surface area contributed by atoms with Crippen LogP contribution >= 0.6 is 0 Å². The molecule has 0 atom stereocenters. The molecular formula is C29H29F3N4O5S. The van der Waals surface area contributed by atoms with E-state index in [0.717, 1.165) is 44.5 Å². The summed E-state index contributed by atoms with van der Waals surface area (Å²) < 4.78 is 72.8. The highest BCUT2D eigenvalue weighted by atomic mass is 32.2. The molecule has 222 valence electrons. The molecule has 4 rings (SSSR count). The standard InChI is InChI=1S/C29H29F3N4O5S/c30-29(31,32)23-8-7-9-24(18-23)36(42(39,40)26-10-3-1-4-11-26)20-27(37)34-33-19-22-12-14-25(15-13-22)41-21-28(38)35-16-5-2-6-17-35/h1,3-4,7-15,18-19H,2,5-6,16-17,20-21H2,(H,34,37)/b33-19-. The van der Waals surface area contributed by atoms with Gasteiger partial charge in [0.05, 0.1) is 22.4 Å². The third-order valence-electron chi connectivity index (χ3n) is 6.43. The maximum atomic E-state index is 13.3. The average Bonchev–Trinajstić information content (AvgIpc) is 2.99. The van der Waals surface area contributed by atoms with Crippen LogP contribution in [0.1, 0.15) is 30.4 Å². The molecule has 42 heavy (non-hydrogen) atoms. The molecule has 1 heterocycles. The molecule has 3 aromatic carbocycles. The highest BCUT2D eigenvalue weighted by Crippen LogP contribution is 2.33. The molecule has 0 radical (unpaired) electrons. The van der Waals surface area contributed by atoms with E-state index < -0.39 is 34.2 Å². The number of likely N-dealkylation sites (tertiary alicyclic amines) is 1. The molecule has 0 spiro atoms. The lowest BCUT2D eigenvalue weighted by atomic mass is 10.1. The van der Waals surface area contributed by atoms with Gasteiger partial charge in [-0.2, -0.15) is 18.3 Å². The van der Waals surface area contributed by atoms with Crippen molar-refractivity contribution in [2.24, 2.45) is 5.10 Å². The van der Waals surface area contributed by atoms with Crippen LogP contribution in [0.15, 0.2) is 88.9 Å². The lowest BCUT2D eigenvalue weighted by Gasteiger charge is -2.26. The molecule has 1 aliphatic heterocycles. The van der Waals surface area contributed by atoms with E-state index in [1.165, 1.54) is 36.5 Å². The lowest BCUT2D eigenvalue weighted by Crippen LogP contribution is -2.39. The van der Waals surface area contributed by atoms with Crippen molar-refractivity contribution in [3.05, 3.63) is 90.0 Å². The van der Waals surface area contributed by atoms with E-state index in [1.807, 2.05) is 0 Å². The highest BCUT2D eigenvalue weighted by Gasteiger charge is 2.33. The molecule has 0 saturated carbocycles. The summed E-state index contributed by atoms with van der Waals surface area (Å²) in [6.45, 7) is 0.573. The van der Waals surface area contributed by atoms with E-state index in [1.54, 1.807) is 35.2 Å². The minimum absolute atomic E-state index is 0.0717. The molecule has 1 aliphatic rings. The Kier molecular flexibility index (Phi) is 9.84. The molecule has 2 amide bonds. The first-order chi connectivity index (χ1) is 20.0. The number of alkyl halides is 3. The highest BCUT2D eigenvalue weighted by molar-refractivity contribution is 7.92. The number of hydrogen-bond acceptors (Lipinski definition) is 6. The number of rotatable bonds is 10. The number of anilines is 1. The Morgan fingerprint density at radius 1 is 0.952 bits per heavy atom. The van der Waals surface area contributed by atoms with Crippen molar-refractivity contribution in [3.8, 4) is 5.75 Å². The van der Waals surface area contributed by atoms with E-state index in [-0.39, 0.29) is 23.1 Å². The zero-order chi connectivity index (χ0) is 30.2. The topological polar surface area (TPSA) is 108 Å². The summed E-state index contributed by atoms with van der Waals surface area (Å²) in [4.78, 5) is 26.6. The summed E-state index contributed by atoms with van der Waals surface area (Å²) in [5.74, 6) is -0.472. The number of carbonyl (C=O) groups excluding carboxylic acids is 2. The molecule has 9 nitrogen and oxygen atoms in total. The first kappa shape index (κ1) is 30.6. The molecule has 1 fully saturated rings. The summed E-state index contributed by atoms with van der Waals surface area (Å²) in [6.07, 6.45) is -0.311. The van der Waals surface area contributed by atoms with Crippen LogP contribution in [0.3, 0.4) is 0 Å². The summed E-state index contributed by atoms with van der Waals surface area (Å²) >= 11 is 0. The molecule has 0 unspecified atom stereocenters. The van der Waals surface area contributed by atoms with E-state index in [0.29, 0.717) is 21.7 Å². The van der Waals surface area contributed by atoms with E-state index in [2.05, 4.69) is 10.5 Å². The fourth-order valence-electron chi connectivity index (χ4n) is 4.25. The second-order valence-electron chi connectivity index (χ2n) is 9.47. The number of nitrogens with one attached hydrogen (secondary N) is 1. The fourth-order valence-corrected chi connectivity index (χ4v) is 5.68. The second kappa shape index (κ2) is 13.5. The number of piperidine rings is 1. The zero-order valence-corrected chi connectivity index (χ0v) is 23.3. The van der Waals surface area contributed by atoms with Crippen LogP contribution in [-0.2, 0) is 25.8 Å². The van der Waals surface area contributed by atoms with Gasteiger partial charge in [0.1, 0.15) is 12.3 Å². The van der Waals surface area contributed by atoms with Gasteiger partial charge in [0.2, 0.25) is 0 Å². The number of hydrogen-bond donors (Lipinski definition) is 1. The normalized spacial score (nSPS) is 14.0. The number of hydrazone groups is 1. The van der Waals surface area contributed by atoms with Gasteiger partial charge in [-0.15, -0.1) is 0 Å². The predicted octanol–water partition coefficient (Wildman–Crippen LogP) is 4.44. The van der Waals surface area contributed by atoms with Crippen LogP contribution in [0.4, 0.5) is 18.9 Å². The molecule has 1 N–H and O–H groups in total. The molecule has 0 aromatic heterocycles. The van der Waals surface area contributed by atoms with Gasteiger partial charge in [0.15, 0.2) is 6.61 Å². The monoisotopic (exact) mass is 602 g/mol. The van der Waals surface area contributed by atoms with E-state index in [9.17, 15) is 31.2 Å². The number of nitrogens with zero attached hydrogens (tertiary/aromatic N) is 3. The van der Waals surface area contributed by atoms with Gasteiger partial charge in [-0.3, -0.25) is 13.9 Å². The number of benzene rings is 3. The number of amides is 2. The van der Waals surface area contributed by atoms with Gasteiger partial charge in [-0.05, 0) is 79.4 Å². The Bertz CT molecular complexity index is 1510. The second-order valence-corrected chi connectivity index (χ2v) is 11.3. The molecule has 0 bridgehead atoms. The fraction of sp³-hybridized carbons (Fsp3) is 0.276. The van der Waals surface area contributed by atoms with Gasteiger partial charge in [-0.25, -0.2) is 13.8 Å². The van der Waals surface area contributed by atoms with Crippen LogP contribution in [0, 0.1) is 0 Å². The quantitative estimate of drug-likeness (QED) is 0.273. The van der Waals surface area contributed by atoms with Gasteiger partial charge in [-0.1, -0.05) is 24.3 Å². The first-order valence-corrected chi connectivity index (χ1v) is 14.6. The third-order valence-corrected chi connectivity index (χ3v) is 8.22. The number of sulfonamides is 1. The number of carbonyl (C=O) groups is 2. The summed E-state index contributed by atoms with van der Waals surface area (Å²) in [5.41, 5.74) is 1.39. The summed E-state index contributed by atoms with van der Waals surface area (Å²) in [6, 6.07) is 17.3. The number of ether oxygens (including phenoxy) is 1. The van der Waals surface area contributed by atoms with Crippen molar-refractivity contribution in [1.29, 1.82) is 0 Å². The van der Waals surface area contributed by atoms with Gasteiger partial charge in [0.25, 0.3) is 21.8 Å². The van der Waals surface area contributed by atoms with Crippen LogP contribution in [0.2, 0.25) is 0 Å². The SMILES string of the molecule is O=C(CN(c1cccc(C(F)(F)F)c1)S(=O)(=O)c1ccccc1)N/N=C\c1ccc(OCC(=O)N2CCCCC2)cc1. The van der Waals surface area contributed by atoms with Crippen molar-refractivity contribution < 1.29 is 35.9 Å². The molecule has 3 aromatic rings. The van der Waals surface area contributed by atoms with Crippen molar-refractivity contribution in [2.45, 2.75) is 30.3 Å². The Morgan fingerprint density at radius 2 is 1.64 bits per heavy atom. The zero-order valence-electron chi connectivity index (χ0n) is 22.5. The Morgan fingerprint density at radius 3 is 2.31 bits per heavy atom. The predicted molar refractivity (Wildman–Crippen MR) is 151 cm³/mol. The molecule has 13 heteroatoms. The Hall–Kier alpha value is -4.39. The summed E-state index contributed by atoms with van der Waals surface area (Å²) in [7, 11) is -4.40. The van der Waals surface area contributed by atoms with Crippen molar-refractivity contribution in [2.75, 3.05) is 30.5 Å². The average molecular weight is 603 g/mol. The maximum absolute atomic E-state index is 13.3. The van der Waals surface area contributed by atoms with Gasteiger partial charge in [0, 0.05) is 13.1 Å². The number of halogens is 3. The van der Waals surface area contributed by atoms with Crippen LogP contribution in [0.25, 0.3) is 0 Å². The largest absolute Gasteiger partial charge is 0.484 e.